The number of aromatic nitrogens is 3. The molecule has 0 unspecified atom stereocenters. The molecule has 0 saturated heterocycles. The largest absolute Gasteiger partial charge is 0.249 e. The van der Waals surface area contributed by atoms with Gasteiger partial charge in [0.2, 0.25) is 5.69 Å². The SMILES string of the molecule is [C-]#[N+]c1cnc2ccnn2c1. The second kappa shape index (κ2) is 2.06. The number of rotatable bonds is 0. The van der Waals surface area contributed by atoms with Gasteiger partial charge in [-0.3, -0.25) is 0 Å². The second-order valence-electron chi connectivity index (χ2n) is 2.06. The Morgan fingerprint density at radius 3 is 3.27 bits per heavy atom. The van der Waals surface area contributed by atoms with Crippen molar-refractivity contribution in [3.05, 3.63) is 36.1 Å². The van der Waals surface area contributed by atoms with E-state index < -0.39 is 0 Å². The van der Waals surface area contributed by atoms with E-state index in [9.17, 15) is 0 Å². The minimum atomic E-state index is 0.501. The third-order valence-corrected chi connectivity index (χ3v) is 1.36. The van der Waals surface area contributed by atoms with Gasteiger partial charge in [0.25, 0.3) is 0 Å². The van der Waals surface area contributed by atoms with E-state index in [0.717, 1.165) is 5.65 Å². The summed E-state index contributed by atoms with van der Waals surface area (Å²) >= 11 is 0. The lowest BCUT2D eigenvalue weighted by atomic mass is 10.5. The van der Waals surface area contributed by atoms with Gasteiger partial charge in [-0.2, -0.15) is 5.10 Å². The highest BCUT2D eigenvalue weighted by Crippen LogP contribution is 2.09. The van der Waals surface area contributed by atoms with E-state index in [1.807, 2.05) is 0 Å². The highest BCUT2D eigenvalue weighted by Gasteiger charge is 1.94. The summed E-state index contributed by atoms with van der Waals surface area (Å²) in [6.07, 6.45) is 4.83. The first-order valence-electron chi connectivity index (χ1n) is 3.07. The lowest BCUT2D eigenvalue weighted by Gasteiger charge is -1.90. The number of hydrogen-bond donors (Lipinski definition) is 0. The highest BCUT2D eigenvalue weighted by molar-refractivity contribution is 5.46. The maximum Gasteiger partial charge on any atom is 0.223 e. The number of fused-ring (bicyclic) bond motifs is 1. The molecule has 0 aliphatic rings. The summed E-state index contributed by atoms with van der Waals surface area (Å²) in [5, 5.41) is 3.94. The topological polar surface area (TPSA) is 34.5 Å². The summed E-state index contributed by atoms with van der Waals surface area (Å²) in [6.45, 7) is 6.72. The average molecular weight is 144 g/mol. The van der Waals surface area contributed by atoms with Crippen LogP contribution >= 0.6 is 0 Å². The van der Waals surface area contributed by atoms with Gasteiger partial charge in [-0.05, 0) is 0 Å². The van der Waals surface area contributed by atoms with Crippen LogP contribution < -0.4 is 0 Å². The molecule has 52 valence electrons. The quantitative estimate of drug-likeness (QED) is 0.522. The van der Waals surface area contributed by atoms with Gasteiger partial charge in [0.15, 0.2) is 5.65 Å². The van der Waals surface area contributed by atoms with Crippen molar-refractivity contribution < 1.29 is 0 Å². The van der Waals surface area contributed by atoms with Crippen LogP contribution in [0.5, 0.6) is 0 Å². The first-order valence-corrected chi connectivity index (χ1v) is 3.07. The van der Waals surface area contributed by atoms with Crippen LogP contribution in [0.4, 0.5) is 5.69 Å². The molecule has 11 heavy (non-hydrogen) atoms. The van der Waals surface area contributed by atoms with E-state index in [0.29, 0.717) is 5.69 Å². The average Bonchev–Trinajstić information content (AvgIpc) is 2.50. The van der Waals surface area contributed by atoms with Gasteiger partial charge >= 0.3 is 0 Å². The van der Waals surface area contributed by atoms with Gasteiger partial charge in [-0.15, -0.1) is 0 Å². The molecule has 0 atom stereocenters. The Balaban J connectivity index is 2.79. The summed E-state index contributed by atoms with van der Waals surface area (Å²) < 4.78 is 1.58. The number of hydrogen-bond acceptors (Lipinski definition) is 2. The third-order valence-electron chi connectivity index (χ3n) is 1.36. The first kappa shape index (κ1) is 5.86. The van der Waals surface area contributed by atoms with Crippen LogP contribution in [0.3, 0.4) is 0 Å². The van der Waals surface area contributed by atoms with Crippen molar-refractivity contribution in [3.8, 4) is 0 Å². The van der Waals surface area contributed by atoms with E-state index in [-0.39, 0.29) is 0 Å². The molecule has 0 saturated carbocycles. The van der Waals surface area contributed by atoms with E-state index in [1.165, 1.54) is 6.20 Å². The number of nitrogens with zero attached hydrogens (tertiary/aromatic N) is 4. The highest BCUT2D eigenvalue weighted by atomic mass is 15.2. The first-order chi connectivity index (χ1) is 5.40. The fourth-order valence-electron chi connectivity index (χ4n) is 0.858. The Morgan fingerprint density at radius 2 is 2.45 bits per heavy atom. The van der Waals surface area contributed by atoms with Crippen LogP contribution in [0.1, 0.15) is 0 Å². The second-order valence-corrected chi connectivity index (χ2v) is 2.06. The predicted octanol–water partition coefficient (Wildman–Crippen LogP) is 1.28. The zero-order valence-corrected chi connectivity index (χ0v) is 5.60. The van der Waals surface area contributed by atoms with E-state index >= 15 is 0 Å². The summed E-state index contributed by atoms with van der Waals surface area (Å²) in [6, 6.07) is 1.79. The standard InChI is InChI=1S/C7H4N4/c1-8-6-4-9-7-2-3-10-11(7)5-6/h2-5H. The molecule has 0 aliphatic heterocycles. The molecule has 4 nitrogen and oxygen atoms in total. The molecule has 2 heterocycles. The Morgan fingerprint density at radius 1 is 1.55 bits per heavy atom. The molecule has 2 aromatic heterocycles. The molecule has 0 spiro atoms. The molecule has 0 bridgehead atoms. The van der Waals surface area contributed by atoms with E-state index in [2.05, 4.69) is 14.9 Å². The van der Waals surface area contributed by atoms with Crippen LogP contribution in [0.2, 0.25) is 0 Å². The molecule has 2 aromatic rings. The maximum atomic E-state index is 6.72. The molecule has 2 rings (SSSR count). The molecule has 0 aliphatic carbocycles. The summed E-state index contributed by atoms with van der Waals surface area (Å²) in [7, 11) is 0. The van der Waals surface area contributed by atoms with Crippen LogP contribution in [0, 0.1) is 6.57 Å². The zero-order valence-electron chi connectivity index (χ0n) is 5.60. The molecule has 0 amide bonds. The molecular formula is C7H4N4. The molecular weight excluding hydrogens is 140 g/mol. The van der Waals surface area contributed by atoms with Gasteiger partial charge in [-0.25, -0.2) is 14.3 Å². The molecule has 0 aromatic carbocycles. The minimum absolute atomic E-state index is 0.501. The summed E-state index contributed by atoms with van der Waals surface area (Å²) in [5.41, 5.74) is 1.26. The van der Waals surface area contributed by atoms with Gasteiger partial charge in [-0.1, -0.05) is 0 Å². The monoisotopic (exact) mass is 144 g/mol. The van der Waals surface area contributed by atoms with Crippen LogP contribution in [0.25, 0.3) is 10.5 Å². The van der Waals surface area contributed by atoms with Crippen molar-refractivity contribution in [1.29, 1.82) is 0 Å². The maximum absolute atomic E-state index is 6.72. The fraction of sp³-hybridized carbons (Fsp3) is 0. The normalized spacial score (nSPS) is 9.73. The van der Waals surface area contributed by atoms with Crippen molar-refractivity contribution in [2.45, 2.75) is 0 Å². The van der Waals surface area contributed by atoms with Gasteiger partial charge in [0.1, 0.15) is 0 Å². The van der Waals surface area contributed by atoms with Crippen LogP contribution in [0.15, 0.2) is 24.7 Å². The molecule has 0 N–H and O–H groups in total. The lowest BCUT2D eigenvalue weighted by molar-refractivity contribution is 0.943. The minimum Gasteiger partial charge on any atom is -0.249 e. The van der Waals surface area contributed by atoms with Crippen molar-refractivity contribution >= 4 is 11.3 Å². The Kier molecular flexibility index (Phi) is 1.10. The fourth-order valence-corrected chi connectivity index (χ4v) is 0.858. The van der Waals surface area contributed by atoms with Gasteiger partial charge < -0.3 is 0 Å². The van der Waals surface area contributed by atoms with E-state index in [4.69, 9.17) is 6.57 Å². The van der Waals surface area contributed by atoms with Crippen LogP contribution in [-0.4, -0.2) is 14.6 Å². The van der Waals surface area contributed by atoms with Crippen molar-refractivity contribution in [3.63, 3.8) is 0 Å². The van der Waals surface area contributed by atoms with Crippen molar-refractivity contribution in [2.24, 2.45) is 0 Å². The Hall–Kier alpha value is -1.89. The lowest BCUT2D eigenvalue weighted by Crippen LogP contribution is -1.86. The molecule has 0 fully saturated rings. The van der Waals surface area contributed by atoms with Crippen molar-refractivity contribution in [2.75, 3.05) is 0 Å². The smallest absolute Gasteiger partial charge is 0.223 e. The van der Waals surface area contributed by atoms with Gasteiger partial charge in [0.05, 0.1) is 12.8 Å². The molecule has 4 heteroatoms. The Bertz CT molecular complexity index is 423. The van der Waals surface area contributed by atoms with Crippen molar-refractivity contribution in [1.82, 2.24) is 14.6 Å². The summed E-state index contributed by atoms with van der Waals surface area (Å²) in [5.74, 6) is 0. The van der Waals surface area contributed by atoms with Crippen LogP contribution in [-0.2, 0) is 0 Å². The summed E-state index contributed by atoms with van der Waals surface area (Å²) in [4.78, 5) is 7.23. The predicted molar refractivity (Wildman–Crippen MR) is 39.2 cm³/mol. The third kappa shape index (κ3) is 0.829. The van der Waals surface area contributed by atoms with E-state index in [1.54, 1.807) is 23.0 Å². The molecule has 0 radical (unpaired) electrons. The van der Waals surface area contributed by atoms with Gasteiger partial charge in [0, 0.05) is 18.5 Å². The zero-order chi connectivity index (χ0) is 7.68. The Labute approximate surface area is 62.9 Å².